The number of hydrogen-bond acceptors (Lipinski definition) is 3. The van der Waals surface area contributed by atoms with Crippen LogP contribution < -0.4 is 0 Å². The van der Waals surface area contributed by atoms with Crippen molar-refractivity contribution in [3.63, 3.8) is 0 Å². The molecule has 3 nitrogen and oxygen atoms in total. The maximum atomic E-state index is 12.6. The lowest BCUT2D eigenvalue weighted by Gasteiger charge is -2.45. The van der Waals surface area contributed by atoms with Gasteiger partial charge in [-0.3, -0.25) is 0 Å². The smallest absolute Gasteiger partial charge is 0.303 e. The largest absolute Gasteiger partial charge is 0.384 e. The van der Waals surface area contributed by atoms with E-state index in [1.54, 1.807) is 0 Å². The van der Waals surface area contributed by atoms with Crippen molar-refractivity contribution in [1.82, 2.24) is 0 Å². The van der Waals surface area contributed by atoms with Gasteiger partial charge in [0.1, 0.15) is 0 Å². The maximum absolute atomic E-state index is 12.6. The number of halogens is 3. The highest BCUT2D eigenvalue weighted by molar-refractivity contribution is 7.86. The molecule has 14 heavy (non-hydrogen) atoms. The lowest BCUT2D eigenvalue weighted by atomic mass is 9.68. The first kappa shape index (κ1) is 11.8. The van der Waals surface area contributed by atoms with Gasteiger partial charge in [0.2, 0.25) is 5.92 Å². The minimum Gasteiger partial charge on any atom is -0.384 e. The second-order valence-electron chi connectivity index (χ2n) is 3.83. The molecule has 0 radical (unpaired) electrons. The topological polar surface area (TPSA) is 43.4 Å². The third-order valence-corrected chi connectivity index (χ3v) is 3.15. The Hall–Kier alpha value is -0.300. The van der Waals surface area contributed by atoms with E-state index in [-0.39, 0.29) is 6.61 Å². The van der Waals surface area contributed by atoms with Gasteiger partial charge in [0, 0.05) is 25.4 Å². The minimum atomic E-state index is -4.73. The van der Waals surface area contributed by atoms with Gasteiger partial charge in [-0.05, 0) is 0 Å². The van der Waals surface area contributed by atoms with Crippen molar-refractivity contribution < 1.29 is 25.8 Å². The predicted octanol–water partition coefficient (Wildman–Crippen LogP) is 1.35. The number of alkyl halides is 2. The SMILES string of the molecule is COCC1(CS(=O)(=O)F)CC(F)(F)C1. The summed E-state index contributed by atoms with van der Waals surface area (Å²) in [5.41, 5.74) is -1.24. The standard InChI is InChI=1S/C7H11F3O3S/c1-13-4-6(5-14(10,11)12)2-7(8,9)3-6/h2-5H2,1H3. The van der Waals surface area contributed by atoms with Crippen molar-refractivity contribution in [2.45, 2.75) is 18.8 Å². The molecule has 0 atom stereocenters. The molecule has 1 aliphatic rings. The van der Waals surface area contributed by atoms with E-state index in [0.717, 1.165) is 0 Å². The zero-order chi connectivity index (χ0) is 11.0. The van der Waals surface area contributed by atoms with Crippen LogP contribution >= 0.6 is 0 Å². The molecule has 84 valence electrons. The summed E-state index contributed by atoms with van der Waals surface area (Å²) in [6.07, 6.45) is -1.26. The van der Waals surface area contributed by atoms with Crippen LogP contribution in [0.5, 0.6) is 0 Å². The lowest BCUT2D eigenvalue weighted by Crippen LogP contribution is -2.52. The van der Waals surface area contributed by atoms with Crippen LogP contribution in [-0.4, -0.2) is 33.8 Å². The molecule has 0 aromatic carbocycles. The molecule has 0 N–H and O–H groups in total. The summed E-state index contributed by atoms with van der Waals surface area (Å²) < 4.78 is 62.8. The van der Waals surface area contributed by atoms with Crippen molar-refractivity contribution in [3.05, 3.63) is 0 Å². The van der Waals surface area contributed by atoms with Gasteiger partial charge in [0.15, 0.2) is 0 Å². The molecule has 0 aliphatic heterocycles. The van der Waals surface area contributed by atoms with E-state index in [4.69, 9.17) is 0 Å². The Kier molecular flexibility index (Phi) is 2.84. The van der Waals surface area contributed by atoms with E-state index >= 15 is 0 Å². The molecule has 0 saturated heterocycles. The number of rotatable bonds is 4. The monoisotopic (exact) mass is 232 g/mol. The quantitative estimate of drug-likeness (QED) is 0.687. The number of ether oxygens (including phenoxy) is 1. The van der Waals surface area contributed by atoms with E-state index in [1.165, 1.54) is 7.11 Å². The molecule has 0 unspecified atom stereocenters. The molecular formula is C7H11F3O3S. The highest BCUT2D eigenvalue weighted by Crippen LogP contribution is 2.52. The van der Waals surface area contributed by atoms with Gasteiger partial charge < -0.3 is 4.74 Å². The van der Waals surface area contributed by atoms with Gasteiger partial charge in [-0.1, -0.05) is 0 Å². The third-order valence-electron chi connectivity index (χ3n) is 2.20. The highest BCUT2D eigenvalue weighted by atomic mass is 32.3. The molecule has 7 heteroatoms. The molecule has 1 saturated carbocycles. The Morgan fingerprint density at radius 2 is 1.86 bits per heavy atom. The van der Waals surface area contributed by atoms with E-state index < -0.39 is 40.2 Å². The van der Waals surface area contributed by atoms with Gasteiger partial charge in [-0.2, -0.15) is 8.42 Å². The van der Waals surface area contributed by atoms with Crippen LogP contribution in [0.25, 0.3) is 0 Å². The van der Waals surface area contributed by atoms with Gasteiger partial charge in [-0.15, -0.1) is 3.89 Å². The van der Waals surface area contributed by atoms with Crippen molar-refractivity contribution in [2.75, 3.05) is 19.5 Å². The first-order valence-corrected chi connectivity index (χ1v) is 5.53. The number of hydrogen-bond donors (Lipinski definition) is 0. The summed E-state index contributed by atoms with van der Waals surface area (Å²) in [5, 5.41) is 0. The Labute approximate surface area is 80.5 Å². The van der Waals surface area contributed by atoms with Crippen molar-refractivity contribution >= 4 is 10.2 Å². The minimum absolute atomic E-state index is 0.161. The van der Waals surface area contributed by atoms with E-state index in [1.807, 2.05) is 0 Å². The second-order valence-corrected chi connectivity index (χ2v) is 5.19. The van der Waals surface area contributed by atoms with Crippen LogP contribution in [0.4, 0.5) is 12.7 Å². The summed E-state index contributed by atoms with van der Waals surface area (Å²) in [4.78, 5) is 0. The van der Waals surface area contributed by atoms with Crippen LogP contribution in [0.3, 0.4) is 0 Å². The Bertz CT molecular complexity index is 304. The second kappa shape index (κ2) is 3.37. The number of methoxy groups -OCH3 is 1. The molecule has 0 aromatic heterocycles. The average Bonchev–Trinajstić information content (AvgIpc) is 1.77. The molecule has 1 rings (SSSR count). The first-order valence-electron chi connectivity index (χ1n) is 3.97. The van der Waals surface area contributed by atoms with E-state index in [0.29, 0.717) is 0 Å². The van der Waals surface area contributed by atoms with Gasteiger partial charge >= 0.3 is 10.2 Å². The third kappa shape index (κ3) is 2.84. The zero-order valence-corrected chi connectivity index (χ0v) is 8.41. The summed E-state index contributed by atoms with van der Waals surface area (Å²) in [6, 6.07) is 0. The lowest BCUT2D eigenvalue weighted by molar-refractivity contribution is -0.169. The van der Waals surface area contributed by atoms with E-state index in [9.17, 15) is 21.1 Å². The summed E-state index contributed by atoms with van der Waals surface area (Å²) >= 11 is 0. The Morgan fingerprint density at radius 1 is 1.36 bits per heavy atom. The fourth-order valence-corrected chi connectivity index (χ4v) is 2.98. The molecule has 0 heterocycles. The summed E-state index contributed by atoms with van der Waals surface area (Å²) in [7, 11) is -3.46. The molecule has 1 fully saturated rings. The van der Waals surface area contributed by atoms with Crippen molar-refractivity contribution in [1.29, 1.82) is 0 Å². The van der Waals surface area contributed by atoms with Gasteiger partial charge in [0.25, 0.3) is 0 Å². The molecule has 0 aromatic rings. The summed E-state index contributed by atoms with van der Waals surface area (Å²) in [6.45, 7) is -0.161. The maximum Gasteiger partial charge on any atom is 0.303 e. The molecule has 0 amide bonds. The van der Waals surface area contributed by atoms with Crippen molar-refractivity contribution in [3.8, 4) is 0 Å². The van der Waals surface area contributed by atoms with Crippen LogP contribution in [0.2, 0.25) is 0 Å². The van der Waals surface area contributed by atoms with Gasteiger partial charge in [0.05, 0.1) is 12.4 Å². The normalized spacial score (nSPS) is 24.3. The average molecular weight is 232 g/mol. The van der Waals surface area contributed by atoms with Crippen LogP contribution in [0, 0.1) is 5.41 Å². The Morgan fingerprint density at radius 3 is 2.14 bits per heavy atom. The van der Waals surface area contributed by atoms with Crippen LogP contribution in [0.15, 0.2) is 0 Å². The van der Waals surface area contributed by atoms with Gasteiger partial charge in [-0.25, -0.2) is 8.78 Å². The first-order chi connectivity index (χ1) is 6.18. The molecule has 0 bridgehead atoms. The van der Waals surface area contributed by atoms with Crippen molar-refractivity contribution in [2.24, 2.45) is 5.41 Å². The summed E-state index contributed by atoms with van der Waals surface area (Å²) in [5.74, 6) is -3.77. The molecular weight excluding hydrogens is 221 g/mol. The fraction of sp³-hybridized carbons (Fsp3) is 1.00. The highest BCUT2D eigenvalue weighted by Gasteiger charge is 2.58. The van der Waals surface area contributed by atoms with Crippen LogP contribution in [-0.2, 0) is 15.0 Å². The fourth-order valence-electron chi connectivity index (χ4n) is 1.96. The zero-order valence-electron chi connectivity index (χ0n) is 7.60. The Balaban J connectivity index is 2.68. The molecule has 0 spiro atoms. The van der Waals surface area contributed by atoms with E-state index in [2.05, 4.69) is 4.74 Å². The molecule has 1 aliphatic carbocycles. The predicted molar refractivity (Wildman–Crippen MR) is 43.4 cm³/mol. The van der Waals surface area contributed by atoms with Crippen LogP contribution in [0.1, 0.15) is 12.8 Å².